The first kappa shape index (κ1) is 13.7. The molecule has 4 heteroatoms. The first-order valence-electron chi connectivity index (χ1n) is 6.66. The van der Waals surface area contributed by atoms with Crippen LogP contribution in [-0.4, -0.2) is 60.5 Å². The average molecular weight is 259 g/mol. The van der Waals surface area contributed by atoms with Crippen LogP contribution in [0.15, 0.2) is 0 Å². The third kappa shape index (κ3) is 3.60. The van der Waals surface area contributed by atoms with Crippen molar-refractivity contribution in [1.82, 2.24) is 4.90 Å². The quantitative estimate of drug-likeness (QED) is 0.834. The van der Waals surface area contributed by atoms with Crippen molar-refractivity contribution < 1.29 is 9.84 Å². The highest BCUT2D eigenvalue weighted by Crippen LogP contribution is 2.40. The minimum atomic E-state index is -0.194. The third-order valence-electron chi connectivity index (χ3n) is 4.03. The molecule has 3 nitrogen and oxygen atoms in total. The number of thioether (sulfide) groups is 1. The molecule has 2 atom stereocenters. The predicted octanol–water partition coefficient (Wildman–Crippen LogP) is 1.60. The molecule has 0 aromatic rings. The summed E-state index contributed by atoms with van der Waals surface area (Å²) < 4.78 is 6.05. The highest BCUT2D eigenvalue weighted by Gasteiger charge is 2.40. The second-order valence-corrected chi connectivity index (χ2v) is 6.95. The lowest BCUT2D eigenvalue weighted by Crippen LogP contribution is -2.47. The van der Waals surface area contributed by atoms with Crippen LogP contribution in [0.25, 0.3) is 0 Å². The van der Waals surface area contributed by atoms with Gasteiger partial charge in [0.2, 0.25) is 0 Å². The molecule has 100 valence electrons. The van der Waals surface area contributed by atoms with Crippen LogP contribution in [0.5, 0.6) is 0 Å². The Hall–Kier alpha value is 0.230. The summed E-state index contributed by atoms with van der Waals surface area (Å²) in [5.74, 6) is 2.86. The molecule has 2 rings (SSSR count). The number of nitrogens with zero attached hydrogens (tertiary/aromatic N) is 1. The van der Waals surface area contributed by atoms with Crippen LogP contribution in [0.2, 0.25) is 0 Å². The Kier molecular flexibility index (Phi) is 4.75. The fourth-order valence-electron chi connectivity index (χ4n) is 3.01. The molecule has 0 bridgehead atoms. The summed E-state index contributed by atoms with van der Waals surface area (Å²) in [7, 11) is 4.05. The van der Waals surface area contributed by atoms with Gasteiger partial charge in [-0.1, -0.05) is 0 Å². The lowest BCUT2D eigenvalue weighted by molar-refractivity contribution is -0.122. The Morgan fingerprint density at radius 1 is 1.41 bits per heavy atom. The van der Waals surface area contributed by atoms with E-state index < -0.39 is 0 Å². The van der Waals surface area contributed by atoms with Crippen molar-refractivity contribution in [3.05, 3.63) is 0 Å². The van der Waals surface area contributed by atoms with E-state index in [9.17, 15) is 5.11 Å². The summed E-state index contributed by atoms with van der Waals surface area (Å²) in [6, 6.07) is 0. The molecule has 0 aromatic carbocycles. The number of hydrogen-bond acceptors (Lipinski definition) is 4. The van der Waals surface area contributed by atoms with Gasteiger partial charge in [-0.3, -0.25) is 0 Å². The predicted molar refractivity (Wildman–Crippen MR) is 72.5 cm³/mol. The Labute approximate surface area is 109 Å². The lowest BCUT2D eigenvalue weighted by Gasteiger charge is -2.44. The van der Waals surface area contributed by atoms with Gasteiger partial charge in [0.1, 0.15) is 0 Å². The van der Waals surface area contributed by atoms with Crippen LogP contribution in [0, 0.1) is 5.92 Å². The fourth-order valence-corrected chi connectivity index (χ4v) is 4.25. The molecule has 2 aliphatic rings. The van der Waals surface area contributed by atoms with E-state index in [-0.39, 0.29) is 11.7 Å². The third-order valence-corrected chi connectivity index (χ3v) is 5.02. The minimum Gasteiger partial charge on any atom is -0.392 e. The molecule has 17 heavy (non-hydrogen) atoms. The second-order valence-electron chi connectivity index (χ2n) is 5.73. The van der Waals surface area contributed by atoms with Crippen molar-refractivity contribution >= 4 is 11.8 Å². The number of aliphatic hydroxyl groups is 1. The molecular weight excluding hydrogens is 234 g/mol. The van der Waals surface area contributed by atoms with Gasteiger partial charge in [-0.05, 0) is 57.2 Å². The monoisotopic (exact) mass is 259 g/mol. The van der Waals surface area contributed by atoms with Crippen molar-refractivity contribution in [1.29, 1.82) is 0 Å². The maximum Gasteiger partial charge on any atom is 0.0701 e. The molecule has 2 heterocycles. The van der Waals surface area contributed by atoms with Gasteiger partial charge in [-0.15, -0.1) is 0 Å². The van der Waals surface area contributed by atoms with Crippen molar-refractivity contribution in [2.24, 2.45) is 5.92 Å². The first-order valence-corrected chi connectivity index (χ1v) is 7.81. The summed E-state index contributed by atoms with van der Waals surface area (Å²) in [6.45, 7) is 1.61. The summed E-state index contributed by atoms with van der Waals surface area (Å²) in [6.07, 6.45) is 4.22. The zero-order valence-electron chi connectivity index (χ0n) is 11.0. The molecule has 0 aliphatic carbocycles. The van der Waals surface area contributed by atoms with E-state index in [1.165, 1.54) is 24.3 Å². The highest BCUT2D eigenvalue weighted by atomic mass is 32.2. The van der Waals surface area contributed by atoms with Crippen LogP contribution < -0.4 is 0 Å². The van der Waals surface area contributed by atoms with E-state index in [1.807, 2.05) is 25.9 Å². The number of aliphatic hydroxyl groups excluding tert-OH is 1. The number of rotatable bonds is 3. The van der Waals surface area contributed by atoms with Gasteiger partial charge in [-0.2, -0.15) is 11.8 Å². The van der Waals surface area contributed by atoms with E-state index in [2.05, 4.69) is 4.90 Å². The van der Waals surface area contributed by atoms with E-state index in [1.54, 1.807) is 0 Å². The smallest absolute Gasteiger partial charge is 0.0701 e. The lowest BCUT2D eigenvalue weighted by atomic mass is 9.79. The molecular formula is C13H25NO2S. The highest BCUT2D eigenvalue weighted by molar-refractivity contribution is 7.99. The zero-order chi connectivity index (χ0) is 12.3. The SMILES string of the molecule is CN(C)CC(O)C1CCOC2(CCSCC2)C1. The van der Waals surface area contributed by atoms with E-state index >= 15 is 0 Å². The molecule has 0 radical (unpaired) electrons. The maximum atomic E-state index is 10.3. The maximum absolute atomic E-state index is 10.3. The molecule has 0 amide bonds. The summed E-state index contributed by atoms with van der Waals surface area (Å²) in [5, 5.41) is 10.3. The molecule has 0 saturated carbocycles. The molecule has 2 saturated heterocycles. The van der Waals surface area contributed by atoms with E-state index in [0.29, 0.717) is 5.92 Å². The largest absolute Gasteiger partial charge is 0.392 e. The molecule has 0 aromatic heterocycles. The Balaban J connectivity index is 1.91. The molecule has 2 aliphatic heterocycles. The fraction of sp³-hybridized carbons (Fsp3) is 1.00. The zero-order valence-corrected chi connectivity index (χ0v) is 11.8. The van der Waals surface area contributed by atoms with Crippen molar-refractivity contribution in [3.63, 3.8) is 0 Å². The van der Waals surface area contributed by atoms with Gasteiger partial charge in [0.05, 0.1) is 11.7 Å². The van der Waals surface area contributed by atoms with Crippen molar-refractivity contribution in [3.8, 4) is 0 Å². The first-order chi connectivity index (χ1) is 8.11. The second kappa shape index (κ2) is 5.91. The topological polar surface area (TPSA) is 32.7 Å². The van der Waals surface area contributed by atoms with Gasteiger partial charge >= 0.3 is 0 Å². The number of likely N-dealkylation sites (N-methyl/N-ethyl adjacent to an activating group) is 1. The van der Waals surface area contributed by atoms with Crippen LogP contribution in [0.3, 0.4) is 0 Å². The van der Waals surface area contributed by atoms with Gasteiger partial charge in [0.25, 0.3) is 0 Å². The number of hydrogen-bond donors (Lipinski definition) is 1. The Bertz CT molecular complexity index is 236. The molecule has 1 spiro atoms. The van der Waals surface area contributed by atoms with Gasteiger partial charge in [0.15, 0.2) is 0 Å². The normalized spacial score (nSPS) is 30.7. The Morgan fingerprint density at radius 3 is 2.76 bits per heavy atom. The standard InChI is InChI=1S/C13H25NO2S/c1-14(2)10-12(15)11-3-6-16-13(9-11)4-7-17-8-5-13/h11-12,15H,3-10H2,1-2H3. The number of ether oxygens (including phenoxy) is 1. The van der Waals surface area contributed by atoms with Crippen LogP contribution in [-0.2, 0) is 4.74 Å². The van der Waals surface area contributed by atoms with Crippen LogP contribution >= 0.6 is 11.8 Å². The molecule has 1 N–H and O–H groups in total. The minimum absolute atomic E-state index is 0.0987. The van der Waals surface area contributed by atoms with Gasteiger partial charge < -0.3 is 14.7 Å². The van der Waals surface area contributed by atoms with E-state index in [0.717, 1.165) is 26.0 Å². The van der Waals surface area contributed by atoms with Gasteiger partial charge in [-0.25, -0.2) is 0 Å². The van der Waals surface area contributed by atoms with Crippen molar-refractivity contribution in [2.75, 3.05) is 38.8 Å². The van der Waals surface area contributed by atoms with Gasteiger partial charge in [0, 0.05) is 13.2 Å². The summed E-state index contributed by atoms with van der Waals surface area (Å²) >= 11 is 2.03. The average Bonchev–Trinajstić information content (AvgIpc) is 2.29. The van der Waals surface area contributed by atoms with Crippen LogP contribution in [0.4, 0.5) is 0 Å². The molecule has 2 unspecified atom stereocenters. The summed E-state index contributed by atoms with van der Waals surface area (Å²) in [4.78, 5) is 2.07. The molecule has 2 fully saturated rings. The van der Waals surface area contributed by atoms with Crippen LogP contribution in [0.1, 0.15) is 25.7 Å². The Morgan fingerprint density at radius 2 is 2.12 bits per heavy atom. The van der Waals surface area contributed by atoms with E-state index in [4.69, 9.17) is 4.74 Å². The summed E-state index contributed by atoms with van der Waals surface area (Å²) in [5.41, 5.74) is 0.0987. The van der Waals surface area contributed by atoms with Crippen molar-refractivity contribution in [2.45, 2.75) is 37.4 Å².